The monoisotopic (exact) mass is 269 g/mol. The van der Waals surface area contributed by atoms with Gasteiger partial charge in [0.2, 0.25) is 10.0 Å². The van der Waals surface area contributed by atoms with Crippen molar-refractivity contribution >= 4 is 15.7 Å². The third-order valence-electron chi connectivity index (χ3n) is 2.81. The van der Waals surface area contributed by atoms with Gasteiger partial charge in [-0.1, -0.05) is 39.8 Å². The second kappa shape index (κ2) is 6.23. The fraction of sp³-hybridized carbons (Fsp3) is 0.571. The summed E-state index contributed by atoms with van der Waals surface area (Å²) >= 11 is 0. The van der Waals surface area contributed by atoms with Crippen LogP contribution in [0.1, 0.15) is 45.6 Å². The van der Waals surface area contributed by atoms with Gasteiger partial charge in [-0.25, -0.2) is 8.42 Å². The van der Waals surface area contributed by atoms with Gasteiger partial charge >= 0.3 is 0 Å². The Morgan fingerprint density at radius 1 is 1.06 bits per heavy atom. The summed E-state index contributed by atoms with van der Waals surface area (Å²) in [6.45, 7) is 8.27. The summed E-state index contributed by atoms with van der Waals surface area (Å²) in [6.07, 6.45) is 0.680. The lowest BCUT2D eigenvalue weighted by Crippen LogP contribution is -2.17. The van der Waals surface area contributed by atoms with Gasteiger partial charge in [0.1, 0.15) is 0 Å². The first kappa shape index (κ1) is 15.0. The molecule has 0 fully saturated rings. The summed E-state index contributed by atoms with van der Waals surface area (Å²) in [4.78, 5) is 0. The van der Waals surface area contributed by atoms with Crippen molar-refractivity contribution in [2.75, 3.05) is 10.5 Å². The van der Waals surface area contributed by atoms with E-state index in [0.29, 0.717) is 23.9 Å². The molecule has 0 heterocycles. The van der Waals surface area contributed by atoms with Crippen LogP contribution in [0, 0.1) is 5.92 Å². The van der Waals surface area contributed by atoms with Crippen molar-refractivity contribution in [3.05, 3.63) is 29.8 Å². The van der Waals surface area contributed by atoms with E-state index in [-0.39, 0.29) is 5.75 Å². The Morgan fingerprint density at radius 2 is 1.61 bits per heavy atom. The number of sulfonamides is 1. The molecule has 3 nitrogen and oxygen atoms in total. The SMILES string of the molecule is CC(C)CCS(=O)(=O)Nc1ccc(C(C)C)cc1. The van der Waals surface area contributed by atoms with Crippen molar-refractivity contribution < 1.29 is 8.42 Å². The van der Waals surface area contributed by atoms with Crippen LogP contribution in [-0.2, 0) is 10.0 Å². The molecule has 0 saturated heterocycles. The highest BCUT2D eigenvalue weighted by molar-refractivity contribution is 7.92. The Morgan fingerprint density at radius 3 is 2.06 bits per heavy atom. The van der Waals surface area contributed by atoms with Gasteiger partial charge in [0.25, 0.3) is 0 Å². The quantitative estimate of drug-likeness (QED) is 0.857. The Labute approximate surface area is 111 Å². The van der Waals surface area contributed by atoms with Crippen LogP contribution in [0.5, 0.6) is 0 Å². The highest BCUT2D eigenvalue weighted by atomic mass is 32.2. The number of hydrogen-bond donors (Lipinski definition) is 1. The van der Waals surface area contributed by atoms with Crippen LogP contribution >= 0.6 is 0 Å². The third-order valence-corrected chi connectivity index (χ3v) is 4.13. The smallest absolute Gasteiger partial charge is 0.232 e. The van der Waals surface area contributed by atoms with Crippen molar-refractivity contribution in [2.24, 2.45) is 5.92 Å². The van der Waals surface area contributed by atoms with E-state index in [1.807, 2.05) is 38.1 Å². The summed E-state index contributed by atoms with van der Waals surface area (Å²) in [7, 11) is -3.21. The lowest BCUT2D eigenvalue weighted by molar-refractivity contribution is 0.578. The minimum atomic E-state index is -3.21. The van der Waals surface area contributed by atoms with Crippen LogP contribution in [0.2, 0.25) is 0 Å². The van der Waals surface area contributed by atoms with Crippen molar-refractivity contribution in [2.45, 2.75) is 40.0 Å². The zero-order valence-corrected chi connectivity index (χ0v) is 12.4. The minimum absolute atomic E-state index is 0.177. The molecule has 0 saturated carbocycles. The normalized spacial score (nSPS) is 12.1. The number of rotatable bonds is 6. The van der Waals surface area contributed by atoms with Crippen molar-refractivity contribution in [1.29, 1.82) is 0 Å². The van der Waals surface area contributed by atoms with Crippen LogP contribution in [0.15, 0.2) is 24.3 Å². The molecule has 0 bridgehead atoms. The first-order valence-electron chi connectivity index (χ1n) is 6.40. The first-order chi connectivity index (χ1) is 8.30. The van der Waals surface area contributed by atoms with E-state index in [9.17, 15) is 8.42 Å². The first-order valence-corrected chi connectivity index (χ1v) is 8.06. The van der Waals surface area contributed by atoms with Crippen molar-refractivity contribution in [3.8, 4) is 0 Å². The predicted molar refractivity (Wildman–Crippen MR) is 77.4 cm³/mol. The minimum Gasteiger partial charge on any atom is -0.284 e. The van der Waals surface area contributed by atoms with E-state index >= 15 is 0 Å². The topological polar surface area (TPSA) is 46.2 Å². The fourth-order valence-electron chi connectivity index (χ4n) is 1.56. The molecule has 102 valence electrons. The van der Waals surface area contributed by atoms with E-state index in [2.05, 4.69) is 18.6 Å². The highest BCUT2D eigenvalue weighted by Gasteiger charge is 2.11. The molecule has 1 N–H and O–H groups in total. The van der Waals surface area contributed by atoms with Gasteiger partial charge in [-0.3, -0.25) is 4.72 Å². The van der Waals surface area contributed by atoms with E-state index in [4.69, 9.17) is 0 Å². The molecule has 0 aromatic heterocycles. The molecule has 0 radical (unpaired) electrons. The molecule has 1 aromatic carbocycles. The number of hydrogen-bond acceptors (Lipinski definition) is 2. The van der Waals surface area contributed by atoms with Gasteiger partial charge in [0.15, 0.2) is 0 Å². The zero-order valence-electron chi connectivity index (χ0n) is 11.6. The Bertz CT molecular complexity index is 461. The molecule has 4 heteroatoms. The van der Waals surface area contributed by atoms with Crippen LogP contribution in [-0.4, -0.2) is 14.2 Å². The van der Waals surface area contributed by atoms with Crippen LogP contribution in [0.3, 0.4) is 0 Å². The second-order valence-electron chi connectivity index (χ2n) is 5.38. The molecule has 0 unspecified atom stereocenters. The Balaban J connectivity index is 2.66. The second-order valence-corrected chi connectivity index (χ2v) is 7.22. The lowest BCUT2D eigenvalue weighted by Gasteiger charge is -2.11. The molecule has 0 atom stereocenters. The van der Waals surface area contributed by atoms with Crippen LogP contribution < -0.4 is 4.72 Å². The maximum Gasteiger partial charge on any atom is 0.232 e. The number of nitrogens with one attached hydrogen (secondary N) is 1. The summed E-state index contributed by atoms with van der Waals surface area (Å²) in [6, 6.07) is 7.57. The van der Waals surface area contributed by atoms with Gasteiger partial charge in [-0.2, -0.15) is 0 Å². The summed E-state index contributed by atoms with van der Waals surface area (Å²) in [5.41, 5.74) is 1.85. The van der Waals surface area contributed by atoms with E-state index in [0.717, 1.165) is 0 Å². The highest BCUT2D eigenvalue weighted by Crippen LogP contribution is 2.18. The maximum absolute atomic E-state index is 11.8. The lowest BCUT2D eigenvalue weighted by atomic mass is 10.0. The fourth-order valence-corrected chi connectivity index (χ4v) is 2.94. The van der Waals surface area contributed by atoms with E-state index in [1.165, 1.54) is 5.56 Å². The van der Waals surface area contributed by atoms with Crippen molar-refractivity contribution in [1.82, 2.24) is 0 Å². The zero-order chi connectivity index (χ0) is 13.8. The van der Waals surface area contributed by atoms with E-state index in [1.54, 1.807) is 0 Å². The largest absolute Gasteiger partial charge is 0.284 e. The molecule has 1 aromatic rings. The van der Waals surface area contributed by atoms with Gasteiger partial charge in [-0.05, 0) is 36.0 Å². The van der Waals surface area contributed by atoms with Gasteiger partial charge in [0, 0.05) is 5.69 Å². The average Bonchev–Trinajstić information content (AvgIpc) is 2.27. The predicted octanol–water partition coefficient (Wildman–Crippen LogP) is 3.60. The summed E-state index contributed by atoms with van der Waals surface area (Å²) in [5.74, 6) is 1.03. The molecule has 0 amide bonds. The van der Waals surface area contributed by atoms with Gasteiger partial charge in [-0.15, -0.1) is 0 Å². The molecule has 18 heavy (non-hydrogen) atoms. The number of benzene rings is 1. The Kier molecular flexibility index (Phi) is 5.20. The molecule has 0 aliphatic heterocycles. The molecule has 0 spiro atoms. The third kappa shape index (κ3) is 5.08. The molecule has 0 aliphatic rings. The molecular formula is C14H23NO2S. The molecule has 0 aliphatic carbocycles. The Hall–Kier alpha value is -1.03. The van der Waals surface area contributed by atoms with Gasteiger partial charge < -0.3 is 0 Å². The van der Waals surface area contributed by atoms with Crippen molar-refractivity contribution in [3.63, 3.8) is 0 Å². The van der Waals surface area contributed by atoms with Crippen LogP contribution in [0.25, 0.3) is 0 Å². The average molecular weight is 269 g/mol. The number of anilines is 1. The summed E-state index contributed by atoms with van der Waals surface area (Å²) < 4.78 is 26.2. The molecule has 1 rings (SSSR count). The standard InChI is InChI=1S/C14H23NO2S/c1-11(2)9-10-18(16,17)15-14-7-5-13(6-8-14)12(3)4/h5-8,11-12,15H,9-10H2,1-4H3. The maximum atomic E-state index is 11.8. The van der Waals surface area contributed by atoms with Crippen LogP contribution in [0.4, 0.5) is 5.69 Å². The van der Waals surface area contributed by atoms with E-state index < -0.39 is 10.0 Å². The van der Waals surface area contributed by atoms with Gasteiger partial charge in [0.05, 0.1) is 5.75 Å². The summed E-state index contributed by atoms with van der Waals surface area (Å²) in [5, 5.41) is 0. The molecular weight excluding hydrogens is 246 g/mol.